The molecule has 2 aromatic carbocycles. The molecule has 5 rings (SSSR count). The third-order valence-electron chi connectivity index (χ3n) is 6.38. The summed E-state index contributed by atoms with van der Waals surface area (Å²) in [6.07, 6.45) is -4.63. The fraction of sp³-hybridized carbons (Fsp3) is 0.269. The van der Waals surface area contributed by atoms with Crippen LogP contribution in [0.1, 0.15) is 28.4 Å². The van der Waals surface area contributed by atoms with Crippen molar-refractivity contribution in [3.05, 3.63) is 70.8 Å². The van der Waals surface area contributed by atoms with Crippen molar-refractivity contribution < 1.29 is 40.5 Å². The fourth-order valence-corrected chi connectivity index (χ4v) is 5.00. The van der Waals surface area contributed by atoms with Gasteiger partial charge in [0.15, 0.2) is 23.3 Å². The Kier molecular flexibility index (Phi) is 6.81. The summed E-state index contributed by atoms with van der Waals surface area (Å²) in [5, 5.41) is 20.6. The topological polar surface area (TPSA) is 136 Å². The summed E-state index contributed by atoms with van der Waals surface area (Å²) in [5.74, 6) is -1.57. The van der Waals surface area contributed by atoms with Gasteiger partial charge >= 0.3 is 6.18 Å². The van der Waals surface area contributed by atoms with Gasteiger partial charge in [-0.15, -0.1) is 0 Å². The quantitative estimate of drug-likeness (QED) is 0.346. The normalized spacial score (nSPS) is 14.0. The largest absolute Gasteiger partial charge is 0.422 e. The van der Waals surface area contributed by atoms with Crippen LogP contribution < -0.4 is 5.32 Å². The lowest BCUT2D eigenvalue weighted by Crippen LogP contribution is -2.33. The van der Waals surface area contributed by atoms with E-state index in [1.807, 2.05) is 0 Å². The summed E-state index contributed by atoms with van der Waals surface area (Å²) in [7, 11) is -3.28. The van der Waals surface area contributed by atoms with Crippen LogP contribution in [0, 0.1) is 0 Å². The Hall–Kier alpha value is -3.97. The van der Waals surface area contributed by atoms with E-state index in [9.17, 15) is 31.5 Å². The van der Waals surface area contributed by atoms with Crippen LogP contribution in [0.3, 0.4) is 0 Å². The van der Waals surface area contributed by atoms with E-state index in [1.165, 1.54) is 18.2 Å². The van der Waals surface area contributed by atoms with Gasteiger partial charge in [-0.05, 0) is 24.0 Å². The van der Waals surface area contributed by atoms with Gasteiger partial charge in [-0.25, -0.2) is 8.42 Å². The van der Waals surface area contributed by atoms with Crippen molar-refractivity contribution in [2.75, 3.05) is 18.6 Å². The first kappa shape index (κ1) is 26.6. The molecule has 1 amide bonds. The molecular formula is C26H22F3N3O6S. The van der Waals surface area contributed by atoms with Crippen LogP contribution in [0.2, 0.25) is 0 Å². The summed E-state index contributed by atoms with van der Waals surface area (Å²) in [4.78, 5) is 12.3. The Morgan fingerprint density at radius 3 is 2.44 bits per heavy atom. The lowest BCUT2D eigenvalue weighted by molar-refractivity contribution is -0.137. The van der Waals surface area contributed by atoms with E-state index in [2.05, 4.69) is 15.6 Å². The number of alkyl halides is 3. The molecule has 2 heterocycles. The molecule has 1 atom stereocenters. The SMILES string of the molecule is CS(=O)(=O)CCNC(=O)C(O)c1ccc2c(c1)CCc1c-2noc1-c1noc(-c2ccccc2)c1C(F)(F)F. The highest BCUT2D eigenvalue weighted by molar-refractivity contribution is 7.90. The number of aryl methyl sites for hydroxylation is 1. The maximum Gasteiger partial charge on any atom is 0.422 e. The van der Waals surface area contributed by atoms with Gasteiger partial charge in [-0.2, -0.15) is 13.2 Å². The second kappa shape index (κ2) is 9.97. The molecule has 1 unspecified atom stereocenters. The van der Waals surface area contributed by atoms with E-state index in [1.54, 1.807) is 30.3 Å². The highest BCUT2D eigenvalue weighted by Gasteiger charge is 2.43. The number of aliphatic hydroxyl groups excluding tert-OH is 1. The minimum Gasteiger partial charge on any atom is -0.378 e. The molecular weight excluding hydrogens is 539 g/mol. The fourth-order valence-electron chi connectivity index (χ4n) is 4.52. The van der Waals surface area contributed by atoms with E-state index in [-0.39, 0.29) is 35.6 Å². The van der Waals surface area contributed by atoms with Crippen molar-refractivity contribution in [3.8, 4) is 34.0 Å². The molecule has 1 aliphatic rings. The number of benzene rings is 2. The van der Waals surface area contributed by atoms with E-state index in [0.717, 1.165) is 6.26 Å². The Morgan fingerprint density at radius 1 is 1.05 bits per heavy atom. The van der Waals surface area contributed by atoms with Gasteiger partial charge < -0.3 is 19.5 Å². The Bertz CT molecular complexity index is 1650. The number of fused-ring (bicyclic) bond motifs is 3. The number of aliphatic hydroxyl groups is 1. The molecule has 0 bridgehead atoms. The smallest absolute Gasteiger partial charge is 0.378 e. The molecule has 0 saturated carbocycles. The van der Waals surface area contributed by atoms with Gasteiger partial charge in [0, 0.05) is 29.5 Å². The second-order valence-corrected chi connectivity index (χ2v) is 11.4. The highest BCUT2D eigenvalue weighted by Crippen LogP contribution is 2.46. The van der Waals surface area contributed by atoms with Crippen molar-refractivity contribution in [3.63, 3.8) is 0 Å². The Labute approximate surface area is 220 Å². The van der Waals surface area contributed by atoms with Crippen LogP contribution in [0.15, 0.2) is 57.6 Å². The summed E-state index contributed by atoms with van der Waals surface area (Å²) in [6.45, 7) is -0.140. The third-order valence-corrected chi connectivity index (χ3v) is 7.33. The molecule has 0 radical (unpaired) electrons. The second-order valence-electron chi connectivity index (χ2n) is 9.18. The number of hydrogen-bond acceptors (Lipinski definition) is 8. The lowest BCUT2D eigenvalue weighted by atomic mass is 9.86. The van der Waals surface area contributed by atoms with Crippen LogP contribution >= 0.6 is 0 Å². The number of rotatable bonds is 7. The molecule has 204 valence electrons. The number of aromatic nitrogens is 2. The predicted octanol–water partition coefficient (Wildman–Crippen LogP) is 3.98. The highest BCUT2D eigenvalue weighted by atomic mass is 32.2. The van der Waals surface area contributed by atoms with Crippen LogP contribution in [-0.4, -0.2) is 48.3 Å². The van der Waals surface area contributed by atoms with Gasteiger partial charge in [0.2, 0.25) is 0 Å². The van der Waals surface area contributed by atoms with Crippen molar-refractivity contribution in [1.29, 1.82) is 0 Å². The van der Waals surface area contributed by atoms with Crippen molar-refractivity contribution in [2.24, 2.45) is 0 Å². The summed E-state index contributed by atoms with van der Waals surface area (Å²) < 4.78 is 75.5. The molecule has 13 heteroatoms. The van der Waals surface area contributed by atoms with Crippen molar-refractivity contribution in [2.45, 2.75) is 25.1 Å². The first-order valence-electron chi connectivity index (χ1n) is 11.8. The molecule has 4 aromatic rings. The third kappa shape index (κ3) is 5.32. The predicted molar refractivity (Wildman–Crippen MR) is 133 cm³/mol. The zero-order valence-corrected chi connectivity index (χ0v) is 21.3. The van der Waals surface area contributed by atoms with Crippen LogP contribution in [-0.2, 0) is 33.6 Å². The molecule has 9 nitrogen and oxygen atoms in total. The number of halogens is 3. The molecule has 39 heavy (non-hydrogen) atoms. The summed E-state index contributed by atoms with van der Waals surface area (Å²) >= 11 is 0. The molecule has 0 spiro atoms. The molecule has 2 N–H and O–H groups in total. The number of nitrogens with zero attached hydrogens (tertiary/aromatic N) is 2. The lowest BCUT2D eigenvalue weighted by Gasteiger charge is -2.18. The number of carbonyl (C=O) groups excluding carboxylic acids is 1. The van der Waals surface area contributed by atoms with Crippen LogP contribution in [0.5, 0.6) is 0 Å². The number of amides is 1. The average molecular weight is 562 g/mol. The molecule has 0 aliphatic heterocycles. The average Bonchev–Trinajstić information content (AvgIpc) is 3.52. The Balaban J connectivity index is 1.45. The van der Waals surface area contributed by atoms with Crippen LogP contribution in [0.4, 0.5) is 13.2 Å². The maximum absolute atomic E-state index is 14.2. The first-order valence-corrected chi connectivity index (χ1v) is 13.9. The minimum atomic E-state index is -4.78. The van der Waals surface area contributed by atoms with Gasteiger partial charge in [-0.3, -0.25) is 4.79 Å². The van der Waals surface area contributed by atoms with E-state index in [0.29, 0.717) is 28.8 Å². The van der Waals surface area contributed by atoms with Gasteiger partial charge in [-0.1, -0.05) is 58.8 Å². The van der Waals surface area contributed by atoms with Gasteiger partial charge in [0.25, 0.3) is 5.91 Å². The summed E-state index contributed by atoms with van der Waals surface area (Å²) in [6, 6.07) is 12.5. The monoisotopic (exact) mass is 561 g/mol. The molecule has 2 aromatic heterocycles. The zero-order chi connectivity index (χ0) is 27.9. The Morgan fingerprint density at radius 2 is 1.74 bits per heavy atom. The zero-order valence-electron chi connectivity index (χ0n) is 20.4. The summed E-state index contributed by atoms with van der Waals surface area (Å²) in [5.41, 5.74) is 1.02. The molecule has 0 fully saturated rings. The van der Waals surface area contributed by atoms with E-state index in [4.69, 9.17) is 9.05 Å². The standard InChI is InChI=1S/C26H22F3N3O6S/c1-39(35,36)12-11-30-25(34)22(33)16-8-9-17-15(13-16)7-10-18-20(17)31-38-24(18)21-19(26(27,28)29)23(37-32-21)14-5-3-2-4-6-14/h2-6,8-9,13,22,33H,7,10-12H2,1H3,(H,30,34). The van der Waals surface area contributed by atoms with Crippen LogP contribution in [0.25, 0.3) is 34.0 Å². The van der Waals surface area contributed by atoms with E-state index >= 15 is 0 Å². The number of sulfone groups is 1. The van der Waals surface area contributed by atoms with Crippen molar-refractivity contribution in [1.82, 2.24) is 15.6 Å². The molecule has 0 saturated heterocycles. The number of nitrogens with one attached hydrogen (secondary N) is 1. The van der Waals surface area contributed by atoms with E-state index < -0.39 is 45.0 Å². The van der Waals surface area contributed by atoms with Crippen molar-refractivity contribution >= 4 is 15.7 Å². The number of carbonyl (C=O) groups is 1. The number of hydrogen-bond donors (Lipinski definition) is 2. The molecule has 1 aliphatic carbocycles. The van der Waals surface area contributed by atoms with Gasteiger partial charge in [0.05, 0.1) is 5.75 Å². The minimum absolute atomic E-state index is 0.136. The maximum atomic E-state index is 14.2. The first-order chi connectivity index (χ1) is 18.4. The van der Waals surface area contributed by atoms with Gasteiger partial charge in [0.1, 0.15) is 21.1 Å².